The molecule has 2 aliphatic rings. The van der Waals surface area contributed by atoms with Gasteiger partial charge in [-0.05, 0) is 42.9 Å². The van der Waals surface area contributed by atoms with Crippen molar-refractivity contribution in [2.75, 3.05) is 20.2 Å². The molecule has 0 bridgehead atoms. The molecule has 21 heavy (non-hydrogen) atoms. The number of aliphatic hydroxyl groups excluding tert-OH is 1. The molecule has 0 spiro atoms. The Labute approximate surface area is 125 Å². The fourth-order valence-corrected chi connectivity index (χ4v) is 3.47. The summed E-state index contributed by atoms with van der Waals surface area (Å²) in [7, 11) is 1.66. The minimum Gasteiger partial charge on any atom is -0.497 e. The Balaban J connectivity index is 1.41. The first-order chi connectivity index (χ1) is 10.2. The zero-order valence-electron chi connectivity index (χ0n) is 12.5. The van der Waals surface area contributed by atoms with Crippen molar-refractivity contribution in [3.8, 4) is 5.75 Å². The van der Waals surface area contributed by atoms with Gasteiger partial charge in [-0.3, -0.25) is 4.79 Å². The highest BCUT2D eigenvalue weighted by Gasteiger charge is 2.47. The Morgan fingerprint density at radius 2 is 2.10 bits per heavy atom. The Morgan fingerprint density at radius 3 is 2.71 bits per heavy atom. The molecule has 1 heterocycles. The molecule has 3 atom stereocenters. The molecule has 3 rings (SSSR count). The molecular weight excluding hydrogens is 266 g/mol. The van der Waals surface area contributed by atoms with Gasteiger partial charge in [0.25, 0.3) is 0 Å². The Hall–Kier alpha value is -1.55. The lowest BCUT2D eigenvalue weighted by Gasteiger charge is -2.34. The number of aryl methyl sites for hydroxylation is 1. The van der Waals surface area contributed by atoms with Crippen LogP contribution in [-0.4, -0.2) is 42.2 Å². The average molecular weight is 289 g/mol. The van der Waals surface area contributed by atoms with Crippen molar-refractivity contribution in [1.82, 2.24) is 4.90 Å². The molecule has 2 fully saturated rings. The predicted octanol–water partition coefficient (Wildman–Crippen LogP) is 1.86. The SMILES string of the molecule is COc1ccc(CCCC(=O)N2C[C@H]3C[C@H](O)[C@H]3C2)cc1. The van der Waals surface area contributed by atoms with Crippen LogP contribution in [0.2, 0.25) is 0 Å². The second-order valence-corrected chi connectivity index (χ2v) is 6.23. The second-order valence-electron chi connectivity index (χ2n) is 6.23. The largest absolute Gasteiger partial charge is 0.497 e. The number of methoxy groups -OCH3 is 1. The number of amides is 1. The third kappa shape index (κ3) is 3.05. The van der Waals surface area contributed by atoms with Crippen LogP contribution in [-0.2, 0) is 11.2 Å². The van der Waals surface area contributed by atoms with Gasteiger partial charge in [-0.25, -0.2) is 0 Å². The summed E-state index contributed by atoms with van der Waals surface area (Å²) in [6, 6.07) is 8.01. The zero-order chi connectivity index (χ0) is 14.8. The topological polar surface area (TPSA) is 49.8 Å². The van der Waals surface area contributed by atoms with E-state index in [1.807, 2.05) is 17.0 Å². The first-order valence-electron chi connectivity index (χ1n) is 7.76. The van der Waals surface area contributed by atoms with E-state index in [-0.39, 0.29) is 12.0 Å². The molecule has 1 saturated heterocycles. The highest BCUT2D eigenvalue weighted by atomic mass is 16.5. The standard InChI is InChI=1S/C17H23NO3/c1-21-14-7-5-12(6-8-14)3-2-4-17(20)18-10-13-9-16(19)15(13)11-18/h5-8,13,15-16,19H,2-4,9-11H2,1H3/t13-,15+,16+/m1/s1. The molecule has 1 saturated carbocycles. The van der Waals surface area contributed by atoms with Gasteiger partial charge >= 0.3 is 0 Å². The maximum atomic E-state index is 12.2. The van der Waals surface area contributed by atoms with Crippen LogP contribution in [0.1, 0.15) is 24.8 Å². The lowest BCUT2D eigenvalue weighted by atomic mass is 9.74. The van der Waals surface area contributed by atoms with E-state index in [1.165, 1.54) is 5.56 Å². The van der Waals surface area contributed by atoms with Crippen molar-refractivity contribution in [2.45, 2.75) is 31.8 Å². The van der Waals surface area contributed by atoms with Gasteiger partial charge in [0.15, 0.2) is 0 Å². The van der Waals surface area contributed by atoms with E-state index < -0.39 is 0 Å². The number of aliphatic hydroxyl groups is 1. The summed E-state index contributed by atoms with van der Waals surface area (Å²) in [5, 5.41) is 9.64. The number of carbonyl (C=O) groups is 1. The van der Waals surface area contributed by atoms with Crippen LogP contribution >= 0.6 is 0 Å². The third-order valence-electron chi connectivity index (χ3n) is 4.90. The van der Waals surface area contributed by atoms with Gasteiger partial charge in [-0.1, -0.05) is 12.1 Å². The lowest BCUT2D eigenvalue weighted by molar-refractivity contribution is -0.130. The number of hydrogen-bond acceptors (Lipinski definition) is 3. The molecule has 4 nitrogen and oxygen atoms in total. The van der Waals surface area contributed by atoms with E-state index >= 15 is 0 Å². The van der Waals surface area contributed by atoms with Crippen molar-refractivity contribution in [3.63, 3.8) is 0 Å². The summed E-state index contributed by atoms with van der Waals surface area (Å²) in [6.45, 7) is 1.61. The van der Waals surface area contributed by atoms with Crippen molar-refractivity contribution < 1.29 is 14.6 Å². The number of fused-ring (bicyclic) bond motifs is 1. The average Bonchev–Trinajstić information content (AvgIpc) is 2.85. The summed E-state index contributed by atoms with van der Waals surface area (Å²) in [6.07, 6.45) is 3.09. The fraction of sp³-hybridized carbons (Fsp3) is 0.588. The number of likely N-dealkylation sites (tertiary alicyclic amines) is 1. The third-order valence-corrected chi connectivity index (χ3v) is 4.90. The van der Waals surface area contributed by atoms with Crippen LogP contribution in [0.3, 0.4) is 0 Å². The van der Waals surface area contributed by atoms with Gasteiger partial charge in [-0.15, -0.1) is 0 Å². The number of hydrogen-bond donors (Lipinski definition) is 1. The first-order valence-corrected chi connectivity index (χ1v) is 7.76. The molecule has 1 aliphatic heterocycles. The maximum absolute atomic E-state index is 12.2. The minimum absolute atomic E-state index is 0.174. The predicted molar refractivity (Wildman–Crippen MR) is 80.1 cm³/mol. The summed E-state index contributed by atoms with van der Waals surface area (Å²) in [5.74, 6) is 1.99. The van der Waals surface area contributed by atoms with Gasteiger partial charge in [-0.2, -0.15) is 0 Å². The molecule has 1 N–H and O–H groups in total. The van der Waals surface area contributed by atoms with Crippen LogP contribution in [0, 0.1) is 11.8 Å². The van der Waals surface area contributed by atoms with Crippen LogP contribution in [0.4, 0.5) is 0 Å². The maximum Gasteiger partial charge on any atom is 0.222 e. The first kappa shape index (κ1) is 14.4. The summed E-state index contributed by atoms with van der Waals surface area (Å²) in [5.41, 5.74) is 1.24. The Morgan fingerprint density at radius 1 is 1.33 bits per heavy atom. The monoisotopic (exact) mass is 289 g/mol. The summed E-state index contributed by atoms with van der Waals surface area (Å²) >= 11 is 0. The molecule has 1 amide bonds. The van der Waals surface area contributed by atoms with Crippen molar-refractivity contribution in [3.05, 3.63) is 29.8 Å². The van der Waals surface area contributed by atoms with Gasteiger partial charge < -0.3 is 14.7 Å². The summed E-state index contributed by atoms with van der Waals surface area (Å²) < 4.78 is 5.13. The van der Waals surface area contributed by atoms with Gasteiger partial charge in [0.2, 0.25) is 5.91 Å². The molecule has 0 unspecified atom stereocenters. The molecule has 114 valence electrons. The van der Waals surface area contributed by atoms with E-state index in [0.29, 0.717) is 18.3 Å². The van der Waals surface area contributed by atoms with Crippen molar-refractivity contribution in [1.29, 1.82) is 0 Å². The lowest BCUT2D eigenvalue weighted by Crippen LogP contribution is -2.39. The fourth-order valence-electron chi connectivity index (χ4n) is 3.47. The Kier molecular flexibility index (Phi) is 4.15. The van der Waals surface area contributed by atoms with Gasteiger partial charge in [0.05, 0.1) is 13.2 Å². The van der Waals surface area contributed by atoms with Crippen molar-refractivity contribution in [2.24, 2.45) is 11.8 Å². The highest BCUT2D eigenvalue weighted by molar-refractivity contribution is 5.76. The minimum atomic E-state index is -0.174. The van der Waals surface area contributed by atoms with Crippen molar-refractivity contribution >= 4 is 5.91 Å². The second kappa shape index (κ2) is 6.06. The molecule has 1 aromatic rings. The van der Waals surface area contributed by atoms with Crippen LogP contribution in [0.5, 0.6) is 5.75 Å². The summed E-state index contributed by atoms with van der Waals surface area (Å²) in [4.78, 5) is 14.1. The quantitative estimate of drug-likeness (QED) is 0.900. The van der Waals surface area contributed by atoms with E-state index in [0.717, 1.165) is 38.1 Å². The number of nitrogens with zero attached hydrogens (tertiary/aromatic N) is 1. The number of carbonyl (C=O) groups excluding carboxylic acids is 1. The van der Waals surface area contributed by atoms with E-state index in [1.54, 1.807) is 7.11 Å². The molecular formula is C17H23NO3. The normalized spacial score (nSPS) is 27.1. The number of rotatable bonds is 5. The van der Waals surface area contributed by atoms with E-state index in [9.17, 15) is 9.90 Å². The van der Waals surface area contributed by atoms with Gasteiger partial charge in [0.1, 0.15) is 5.75 Å². The molecule has 0 aromatic heterocycles. The van der Waals surface area contributed by atoms with Crippen LogP contribution in [0.15, 0.2) is 24.3 Å². The molecule has 0 radical (unpaired) electrons. The molecule has 1 aromatic carbocycles. The Bertz CT molecular complexity index is 499. The van der Waals surface area contributed by atoms with Crippen LogP contribution in [0.25, 0.3) is 0 Å². The van der Waals surface area contributed by atoms with E-state index in [2.05, 4.69) is 12.1 Å². The number of benzene rings is 1. The number of ether oxygens (including phenoxy) is 1. The molecule has 1 aliphatic carbocycles. The highest BCUT2D eigenvalue weighted by Crippen LogP contribution is 2.40. The van der Waals surface area contributed by atoms with E-state index in [4.69, 9.17) is 4.74 Å². The zero-order valence-corrected chi connectivity index (χ0v) is 12.5. The van der Waals surface area contributed by atoms with Crippen LogP contribution < -0.4 is 4.74 Å². The van der Waals surface area contributed by atoms with Gasteiger partial charge in [0, 0.05) is 25.4 Å². The smallest absolute Gasteiger partial charge is 0.222 e. The molecule has 4 heteroatoms.